The van der Waals surface area contributed by atoms with E-state index in [-0.39, 0.29) is 11.4 Å². The van der Waals surface area contributed by atoms with Crippen LogP contribution in [0.5, 0.6) is 0 Å². The SMILES string of the molecule is CN(C)c1ccc([N+](=O)[O-])cc1N=C=O. The molecule has 78 valence electrons. The van der Waals surface area contributed by atoms with Gasteiger partial charge in [0.1, 0.15) is 5.69 Å². The molecule has 1 rings (SSSR count). The van der Waals surface area contributed by atoms with Gasteiger partial charge >= 0.3 is 0 Å². The Balaban J connectivity index is 3.32. The highest BCUT2D eigenvalue weighted by atomic mass is 16.6. The van der Waals surface area contributed by atoms with E-state index < -0.39 is 4.92 Å². The van der Waals surface area contributed by atoms with Gasteiger partial charge in [0.25, 0.3) is 5.69 Å². The molecule has 0 spiro atoms. The molecule has 6 nitrogen and oxygen atoms in total. The molecule has 0 saturated carbocycles. The molecule has 0 aromatic heterocycles. The van der Waals surface area contributed by atoms with Crippen LogP contribution in [-0.4, -0.2) is 25.1 Å². The van der Waals surface area contributed by atoms with Crippen molar-refractivity contribution in [3.63, 3.8) is 0 Å². The molecule has 1 aromatic carbocycles. The van der Waals surface area contributed by atoms with Gasteiger partial charge in [0.05, 0.1) is 10.6 Å². The van der Waals surface area contributed by atoms with Crippen molar-refractivity contribution in [2.45, 2.75) is 0 Å². The van der Waals surface area contributed by atoms with Crippen LogP contribution in [0.3, 0.4) is 0 Å². The number of aliphatic imine (C=N–C) groups is 1. The average Bonchev–Trinajstić information content (AvgIpc) is 2.17. The van der Waals surface area contributed by atoms with E-state index >= 15 is 0 Å². The van der Waals surface area contributed by atoms with Gasteiger partial charge in [-0.3, -0.25) is 10.1 Å². The van der Waals surface area contributed by atoms with Crippen LogP contribution in [0.4, 0.5) is 17.1 Å². The summed E-state index contributed by atoms with van der Waals surface area (Å²) in [6.07, 6.45) is 1.37. The molecule has 0 atom stereocenters. The standard InChI is InChI=1S/C9H9N3O3/c1-11(2)9-4-3-7(12(14)15)5-8(9)10-6-13/h3-5H,1-2H3. The first-order valence-corrected chi connectivity index (χ1v) is 4.10. The highest BCUT2D eigenvalue weighted by molar-refractivity contribution is 5.71. The van der Waals surface area contributed by atoms with Crippen molar-refractivity contribution in [2.24, 2.45) is 4.99 Å². The van der Waals surface area contributed by atoms with Gasteiger partial charge in [0.15, 0.2) is 0 Å². The summed E-state index contributed by atoms with van der Waals surface area (Å²) >= 11 is 0. The zero-order chi connectivity index (χ0) is 11.4. The second-order valence-electron chi connectivity index (χ2n) is 3.03. The molecule has 0 N–H and O–H groups in total. The Morgan fingerprint density at radius 3 is 2.60 bits per heavy atom. The maximum atomic E-state index is 10.5. The number of isocyanates is 1. The number of benzene rings is 1. The van der Waals surface area contributed by atoms with Crippen LogP contribution >= 0.6 is 0 Å². The van der Waals surface area contributed by atoms with Gasteiger partial charge < -0.3 is 4.90 Å². The van der Waals surface area contributed by atoms with Crippen LogP contribution < -0.4 is 4.90 Å². The summed E-state index contributed by atoms with van der Waals surface area (Å²) in [6, 6.07) is 4.13. The number of rotatable bonds is 3. The number of carbonyl (C=O) groups excluding carboxylic acids is 1. The topological polar surface area (TPSA) is 75.8 Å². The number of nitrogens with zero attached hydrogens (tertiary/aromatic N) is 3. The normalized spacial score (nSPS) is 9.20. The minimum Gasteiger partial charge on any atom is -0.376 e. The van der Waals surface area contributed by atoms with Crippen molar-refractivity contribution in [1.82, 2.24) is 0 Å². The highest BCUT2D eigenvalue weighted by Crippen LogP contribution is 2.30. The van der Waals surface area contributed by atoms with Crippen molar-refractivity contribution in [3.05, 3.63) is 28.3 Å². The maximum absolute atomic E-state index is 10.5. The van der Waals surface area contributed by atoms with Crippen LogP contribution in [0.1, 0.15) is 0 Å². The van der Waals surface area contributed by atoms with Gasteiger partial charge in [-0.15, -0.1) is 0 Å². The van der Waals surface area contributed by atoms with Crippen molar-refractivity contribution in [3.8, 4) is 0 Å². The second-order valence-corrected chi connectivity index (χ2v) is 3.03. The van der Waals surface area contributed by atoms with Gasteiger partial charge in [-0.25, -0.2) is 4.79 Å². The Morgan fingerprint density at radius 2 is 2.13 bits per heavy atom. The Labute approximate surface area is 86.0 Å². The van der Waals surface area contributed by atoms with Gasteiger partial charge in [0, 0.05) is 26.2 Å². The molecule has 0 bridgehead atoms. The molecule has 0 aliphatic rings. The third-order valence-electron chi connectivity index (χ3n) is 1.82. The Morgan fingerprint density at radius 1 is 1.47 bits per heavy atom. The lowest BCUT2D eigenvalue weighted by molar-refractivity contribution is -0.384. The summed E-state index contributed by atoms with van der Waals surface area (Å²) < 4.78 is 0. The number of anilines is 1. The van der Waals surface area contributed by atoms with Crippen molar-refractivity contribution in [1.29, 1.82) is 0 Å². The predicted octanol–water partition coefficient (Wildman–Crippen LogP) is 1.63. The molecule has 0 heterocycles. The summed E-state index contributed by atoms with van der Waals surface area (Å²) in [6.45, 7) is 0. The number of hydrogen-bond donors (Lipinski definition) is 0. The van der Waals surface area contributed by atoms with E-state index in [0.29, 0.717) is 5.69 Å². The smallest absolute Gasteiger partial charge is 0.271 e. The summed E-state index contributed by atoms with van der Waals surface area (Å²) in [5.74, 6) is 0. The molecule has 0 aliphatic heterocycles. The molecular formula is C9H9N3O3. The van der Waals surface area contributed by atoms with Gasteiger partial charge in [0.2, 0.25) is 6.08 Å². The third-order valence-corrected chi connectivity index (χ3v) is 1.82. The van der Waals surface area contributed by atoms with Crippen molar-refractivity contribution >= 4 is 23.1 Å². The quantitative estimate of drug-likeness (QED) is 0.326. The van der Waals surface area contributed by atoms with E-state index in [2.05, 4.69) is 4.99 Å². The van der Waals surface area contributed by atoms with E-state index in [4.69, 9.17) is 0 Å². The minimum absolute atomic E-state index is 0.102. The third kappa shape index (κ3) is 2.38. The highest BCUT2D eigenvalue weighted by Gasteiger charge is 2.11. The van der Waals surface area contributed by atoms with Gasteiger partial charge in [-0.1, -0.05) is 0 Å². The molecule has 0 unspecified atom stereocenters. The molecule has 0 amide bonds. The molecule has 0 fully saturated rings. The van der Waals surface area contributed by atoms with Crippen molar-refractivity contribution < 1.29 is 9.72 Å². The summed E-state index contributed by atoms with van der Waals surface area (Å²) in [5.41, 5.74) is 0.766. The average molecular weight is 207 g/mol. The molecule has 0 aliphatic carbocycles. The molecular weight excluding hydrogens is 198 g/mol. The fraction of sp³-hybridized carbons (Fsp3) is 0.222. The van der Waals surface area contributed by atoms with Crippen LogP contribution in [0.25, 0.3) is 0 Å². The zero-order valence-electron chi connectivity index (χ0n) is 8.30. The number of non-ortho nitro benzene ring substituents is 1. The summed E-state index contributed by atoms with van der Waals surface area (Å²) in [4.78, 5) is 25.2. The minimum atomic E-state index is -0.538. The first-order chi connectivity index (χ1) is 7.06. The molecule has 6 heteroatoms. The number of nitro groups is 1. The van der Waals surface area contributed by atoms with Crippen LogP contribution in [-0.2, 0) is 4.79 Å². The van der Waals surface area contributed by atoms with E-state index in [1.807, 2.05) is 0 Å². The summed E-state index contributed by atoms with van der Waals surface area (Å²) in [7, 11) is 3.51. The largest absolute Gasteiger partial charge is 0.376 e. The van der Waals surface area contributed by atoms with Crippen LogP contribution in [0.15, 0.2) is 23.2 Å². The second kappa shape index (κ2) is 4.34. The molecule has 1 aromatic rings. The van der Waals surface area contributed by atoms with E-state index in [1.54, 1.807) is 19.0 Å². The number of hydrogen-bond acceptors (Lipinski definition) is 5. The lowest BCUT2D eigenvalue weighted by Gasteiger charge is -2.13. The lowest BCUT2D eigenvalue weighted by Crippen LogP contribution is -2.08. The van der Waals surface area contributed by atoms with Gasteiger partial charge in [-0.2, -0.15) is 4.99 Å². The Kier molecular flexibility index (Phi) is 3.15. The van der Waals surface area contributed by atoms with E-state index in [0.717, 1.165) is 0 Å². The predicted molar refractivity (Wildman–Crippen MR) is 55.2 cm³/mol. The van der Waals surface area contributed by atoms with E-state index in [1.165, 1.54) is 24.3 Å². The molecule has 15 heavy (non-hydrogen) atoms. The molecule has 0 radical (unpaired) electrons. The lowest BCUT2D eigenvalue weighted by atomic mass is 10.2. The van der Waals surface area contributed by atoms with E-state index in [9.17, 15) is 14.9 Å². The summed E-state index contributed by atoms with van der Waals surface area (Å²) in [5, 5.41) is 10.5. The first-order valence-electron chi connectivity index (χ1n) is 4.10. The fourth-order valence-corrected chi connectivity index (χ4v) is 1.14. The Bertz CT molecular complexity index is 436. The molecule has 0 saturated heterocycles. The van der Waals surface area contributed by atoms with Gasteiger partial charge in [-0.05, 0) is 6.07 Å². The first kappa shape index (κ1) is 10.9. The van der Waals surface area contributed by atoms with Crippen molar-refractivity contribution in [2.75, 3.05) is 19.0 Å². The zero-order valence-corrected chi connectivity index (χ0v) is 8.30. The monoisotopic (exact) mass is 207 g/mol. The maximum Gasteiger partial charge on any atom is 0.271 e. The van der Waals surface area contributed by atoms with Crippen LogP contribution in [0, 0.1) is 10.1 Å². The fourth-order valence-electron chi connectivity index (χ4n) is 1.14. The number of nitro benzene ring substituents is 1. The van der Waals surface area contributed by atoms with Crippen LogP contribution in [0.2, 0.25) is 0 Å². The Hall–Kier alpha value is -2.20.